The Bertz CT molecular complexity index is 1210. The molecule has 0 fully saturated rings. The van der Waals surface area contributed by atoms with Crippen molar-refractivity contribution in [3.63, 3.8) is 0 Å². The number of ether oxygens (including phenoxy) is 2. The number of amides is 1. The minimum absolute atomic E-state index is 0.0822. The van der Waals surface area contributed by atoms with Crippen LogP contribution in [0, 0.1) is 3.82 Å². The molecule has 0 unspecified atom stereocenters. The lowest BCUT2D eigenvalue weighted by molar-refractivity contribution is -0.115. The third-order valence-corrected chi connectivity index (χ3v) is 8.62. The molecule has 0 spiro atoms. The minimum atomic E-state index is -0.519. The van der Waals surface area contributed by atoms with E-state index in [4.69, 9.17) is 21.7 Å². The third kappa shape index (κ3) is 3.93. The standard InChI is InChI=1S/C24H23NO3S3/c1-5-28-17-11-12-19-18(14-17)21-22(30-31-23(21)29)24(2,3)25(19)20(26)13-8-15-6-9-16(27-4)10-7-15/h6-14H,5H2,1-4H3/b13-8-. The van der Waals surface area contributed by atoms with Crippen LogP contribution in [0.25, 0.3) is 17.2 Å². The Labute approximate surface area is 194 Å². The van der Waals surface area contributed by atoms with E-state index in [-0.39, 0.29) is 5.91 Å². The van der Waals surface area contributed by atoms with Gasteiger partial charge in [0.25, 0.3) is 5.91 Å². The SMILES string of the molecule is CCOc1ccc2c(c1)-c1c(ssc1=S)C(C)(C)N2C(=O)/C=C\c1ccc(OC)cc1. The van der Waals surface area contributed by atoms with Crippen LogP contribution in [0.2, 0.25) is 0 Å². The number of nitrogens with zero attached hydrogens (tertiary/aromatic N) is 1. The molecule has 0 bridgehead atoms. The van der Waals surface area contributed by atoms with Crippen molar-refractivity contribution in [2.24, 2.45) is 0 Å². The zero-order valence-corrected chi connectivity index (χ0v) is 20.2. The van der Waals surface area contributed by atoms with E-state index in [1.165, 1.54) is 0 Å². The molecule has 160 valence electrons. The number of anilines is 1. The van der Waals surface area contributed by atoms with Crippen molar-refractivity contribution in [3.05, 3.63) is 62.8 Å². The highest BCUT2D eigenvalue weighted by molar-refractivity contribution is 7.80. The maximum atomic E-state index is 13.5. The molecule has 2 aromatic carbocycles. The molecule has 4 rings (SSSR count). The Morgan fingerprint density at radius 1 is 1.13 bits per heavy atom. The van der Waals surface area contributed by atoms with E-state index in [1.54, 1.807) is 33.9 Å². The van der Waals surface area contributed by atoms with Crippen molar-refractivity contribution < 1.29 is 14.3 Å². The lowest BCUT2D eigenvalue weighted by Crippen LogP contribution is -2.47. The highest BCUT2D eigenvalue weighted by atomic mass is 32.9. The fraction of sp³-hybridized carbons (Fsp3) is 0.250. The van der Waals surface area contributed by atoms with Gasteiger partial charge in [0.1, 0.15) is 15.3 Å². The second-order valence-corrected chi connectivity index (χ2v) is 10.4. The van der Waals surface area contributed by atoms with Gasteiger partial charge in [-0.15, -0.1) is 0 Å². The van der Waals surface area contributed by atoms with Crippen molar-refractivity contribution >= 4 is 50.6 Å². The summed E-state index contributed by atoms with van der Waals surface area (Å²) in [6.07, 6.45) is 3.46. The summed E-state index contributed by atoms with van der Waals surface area (Å²) in [5.74, 6) is 1.48. The fourth-order valence-corrected chi connectivity index (χ4v) is 7.10. The normalized spacial score (nSPS) is 14.3. The summed E-state index contributed by atoms with van der Waals surface area (Å²) in [6.45, 7) is 6.68. The van der Waals surface area contributed by atoms with Crippen LogP contribution < -0.4 is 14.4 Å². The molecule has 1 amide bonds. The second-order valence-electron chi connectivity index (χ2n) is 7.61. The lowest BCUT2D eigenvalue weighted by Gasteiger charge is -2.42. The van der Waals surface area contributed by atoms with Gasteiger partial charge in [-0.05, 0) is 62.7 Å². The van der Waals surface area contributed by atoms with Crippen molar-refractivity contribution in [2.45, 2.75) is 26.3 Å². The fourth-order valence-electron chi connectivity index (χ4n) is 3.82. The Kier molecular flexibility index (Phi) is 6.01. The first-order chi connectivity index (χ1) is 14.9. The van der Waals surface area contributed by atoms with E-state index >= 15 is 0 Å². The summed E-state index contributed by atoms with van der Waals surface area (Å²) < 4.78 is 11.8. The van der Waals surface area contributed by atoms with Crippen LogP contribution in [0.15, 0.2) is 48.5 Å². The van der Waals surface area contributed by atoms with Crippen molar-refractivity contribution in [1.82, 2.24) is 0 Å². The summed E-state index contributed by atoms with van der Waals surface area (Å²) in [6, 6.07) is 13.5. The first-order valence-electron chi connectivity index (χ1n) is 9.94. The summed E-state index contributed by atoms with van der Waals surface area (Å²) >= 11 is 5.66. The van der Waals surface area contributed by atoms with Gasteiger partial charge >= 0.3 is 0 Å². The molecule has 0 N–H and O–H groups in total. The van der Waals surface area contributed by atoms with Crippen LogP contribution in [0.5, 0.6) is 11.5 Å². The largest absolute Gasteiger partial charge is 0.497 e. The third-order valence-electron chi connectivity index (χ3n) is 5.29. The van der Waals surface area contributed by atoms with Gasteiger partial charge in [0.05, 0.1) is 29.8 Å². The average Bonchev–Trinajstić information content (AvgIpc) is 3.16. The number of methoxy groups -OCH3 is 1. The van der Waals surface area contributed by atoms with Crippen LogP contribution in [-0.4, -0.2) is 19.6 Å². The summed E-state index contributed by atoms with van der Waals surface area (Å²) in [5, 5.41) is 0. The molecule has 0 saturated carbocycles. The first kappa shape index (κ1) is 21.7. The maximum absolute atomic E-state index is 13.5. The Hall–Kier alpha value is -2.48. The average molecular weight is 470 g/mol. The maximum Gasteiger partial charge on any atom is 0.251 e. The number of fused-ring (bicyclic) bond motifs is 3. The zero-order valence-electron chi connectivity index (χ0n) is 17.8. The summed E-state index contributed by atoms with van der Waals surface area (Å²) in [4.78, 5) is 16.4. The van der Waals surface area contributed by atoms with E-state index in [1.807, 2.05) is 60.4 Å². The van der Waals surface area contributed by atoms with Gasteiger partial charge in [0.2, 0.25) is 0 Å². The number of hydrogen-bond donors (Lipinski definition) is 0. The zero-order chi connectivity index (χ0) is 22.2. The van der Waals surface area contributed by atoms with Crippen molar-refractivity contribution in [3.8, 4) is 22.6 Å². The van der Waals surface area contributed by atoms with Crippen molar-refractivity contribution in [1.29, 1.82) is 0 Å². The van der Waals surface area contributed by atoms with Gasteiger partial charge in [-0.1, -0.05) is 45.0 Å². The van der Waals surface area contributed by atoms with Crippen LogP contribution in [0.3, 0.4) is 0 Å². The second kappa shape index (κ2) is 8.57. The molecule has 0 radical (unpaired) electrons. The molecule has 4 nitrogen and oxygen atoms in total. The number of hydrogen-bond acceptors (Lipinski definition) is 6. The monoisotopic (exact) mass is 469 g/mol. The molecule has 0 saturated heterocycles. The Morgan fingerprint density at radius 3 is 2.52 bits per heavy atom. The molecule has 3 aromatic rings. The number of benzene rings is 2. The highest BCUT2D eigenvalue weighted by Gasteiger charge is 2.42. The summed E-state index contributed by atoms with van der Waals surface area (Å²) in [7, 11) is 4.86. The molecule has 1 aliphatic heterocycles. The number of carbonyl (C=O) groups excluding carboxylic acids is 1. The van der Waals surface area contributed by atoms with Gasteiger partial charge in [0, 0.05) is 17.2 Å². The van der Waals surface area contributed by atoms with E-state index < -0.39 is 5.54 Å². The van der Waals surface area contributed by atoms with E-state index in [0.29, 0.717) is 6.61 Å². The van der Waals surface area contributed by atoms with Crippen molar-refractivity contribution in [2.75, 3.05) is 18.6 Å². The number of rotatable bonds is 5. The smallest absolute Gasteiger partial charge is 0.251 e. The summed E-state index contributed by atoms with van der Waals surface area (Å²) in [5.41, 5.74) is 3.27. The first-order valence-corrected chi connectivity index (χ1v) is 12.5. The van der Waals surface area contributed by atoms with Gasteiger partial charge < -0.3 is 9.47 Å². The topological polar surface area (TPSA) is 38.8 Å². The molecule has 2 heterocycles. The predicted molar refractivity (Wildman–Crippen MR) is 132 cm³/mol. The van der Waals surface area contributed by atoms with Crippen LogP contribution in [0.4, 0.5) is 5.69 Å². The Morgan fingerprint density at radius 2 is 1.84 bits per heavy atom. The lowest BCUT2D eigenvalue weighted by atomic mass is 9.87. The molecular formula is C24H23NO3S3. The van der Waals surface area contributed by atoms with Gasteiger partial charge in [-0.3, -0.25) is 9.69 Å². The molecule has 0 atom stereocenters. The predicted octanol–water partition coefficient (Wildman–Crippen LogP) is 6.91. The van der Waals surface area contributed by atoms with E-state index in [9.17, 15) is 4.79 Å². The van der Waals surface area contributed by atoms with Gasteiger partial charge in [0.15, 0.2) is 0 Å². The highest BCUT2D eigenvalue weighted by Crippen LogP contribution is 2.52. The number of carbonyl (C=O) groups is 1. The molecule has 1 aromatic heterocycles. The van der Waals surface area contributed by atoms with Crippen LogP contribution in [-0.2, 0) is 10.3 Å². The Balaban J connectivity index is 1.77. The molecule has 1 aliphatic rings. The van der Waals surface area contributed by atoms with E-state index in [2.05, 4.69) is 13.8 Å². The van der Waals surface area contributed by atoms with E-state index in [0.717, 1.165) is 42.6 Å². The quantitative estimate of drug-likeness (QED) is 0.231. The molecule has 0 aliphatic carbocycles. The van der Waals surface area contributed by atoms with Crippen LogP contribution >= 0.6 is 32.9 Å². The minimum Gasteiger partial charge on any atom is -0.497 e. The van der Waals surface area contributed by atoms with Crippen LogP contribution in [0.1, 0.15) is 31.2 Å². The molecule has 7 heteroatoms. The molecule has 31 heavy (non-hydrogen) atoms. The van der Waals surface area contributed by atoms with Gasteiger partial charge in [-0.25, -0.2) is 0 Å². The molecular weight excluding hydrogens is 446 g/mol. The van der Waals surface area contributed by atoms with Gasteiger partial charge in [-0.2, -0.15) is 0 Å².